The normalized spacial score (nSPS) is 12.2. The van der Waals surface area contributed by atoms with Crippen LogP contribution in [0.25, 0.3) is 0 Å². The zero-order chi connectivity index (χ0) is 14.4. The van der Waals surface area contributed by atoms with Crippen molar-refractivity contribution < 1.29 is 13.5 Å². The summed E-state index contributed by atoms with van der Waals surface area (Å²) in [7, 11) is 0. The lowest BCUT2D eigenvalue weighted by Gasteiger charge is -2.16. The molecule has 0 aliphatic heterocycles. The second-order valence-corrected chi connectivity index (χ2v) is 4.55. The average molecular weight is 277 g/mol. The van der Waals surface area contributed by atoms with E-state index in [1.807, 2.05) is 0 Å². The second-order valence-electron chi connectivity index (χ2n) is 4.55. The minimum atomic E-state index is -0.341. The molecule has 1 atom stereocenters. The number of halogens is 2. The Bertz CT molecular complexity index is 560. The van der Waals surface area contributed by atoms with E-state index in [1.165, 1.54) is 18.2 Å². The third-order valence-electron chi connectivity index (χ3n) is 3.16. The van der Waals surface area contributed by atoms with E-state index in [2.05, 4.69) is 0 Å². The largest absolute Gasteiger partial charge is 0.493 e. The van der Waals surface area contributed by atoms with Crippen LogP contribution < -0.4 is 10.5 Å². The van der Waals surface area contributed by atoms with Crippen LogP contribution >= 0.6 is 0 Å². The molecule has 0 aromatic heterocycles. The molecule has 2 rings (SSSR count). The van der Waals surface area contributed by atoms with Gasteiger partial charge in [0.25, 0.3) is 0 Å². The number of nitrogens with two attached hydrogens (primary N) is 1. The van der Waals surface area contributed by atoms with E-state index in [9.17, 15) is 8.78 Å². The van der Waals surface area contributed by atoms with Crippen molar-refractivity contribution in [2.45, 2.75) is 12.3 Å². The molecule has 2 nitrogen and oxygen atoms in total. The average Bonchev–Trinajstić information content (AvgIpc) is 2.45. The maximum Gasteiger partial charge on any atom is 0.126 e. The molecule has 0 saturated heterocycles. The van der Waals surface area contributed by atoms with E-state index in [0.717, 1.165) is 0 Å². The minimum Gasteiger partial charge on any atom is -0.493 e. The van der Waals surface area contributed by atoms with Gasteiger partial charge in [-0.3, -0.25) is 0 Å². The molecule has 0 bridgehead atoms. The lowest BCUT2D eigenvalue weighted by atomic mass is 9.96. The van der Waals surface area contributed by atoms with E-state index in [0.29, 0.717) is 30.9 Å². The van der Waals surface area contributed by atoms with Crippen molar-refractivity contribution in [3.05, 3.63) is 65.7 Å². The number of rotatable bonds is 6. The molecule has 0 saturated carbocycles. The number of hydrogen-bond donors (Lipinski definition) is 1. The number of ether oxygens (including phenoxy) is 1. The molecule has 0 aliphatic rings. The first-order valence-electron chi connectivity index (χ1n) is 6.53. The summed E-state index contributed by atoms with van der Waals surface area (Å²) in [6.45, 7) is 0.701. The molecule has 0 spiro atoms. The van der Waals surface area contributed by atoms with Gasteiger partial charge in [-0.25, -0.2) is 8.78 Å². The van der Waals surface area contributed by atoms with Gasteiger partial charge in [-0.2, -0.15) is 0 Å². The van der Waals surface area contributed by atoms with Gasteiger partial charge in [-0.05, 0) is 36.7 Å². The molecule has 0 amide bonds. The van der Waals surface area contributed by atoms with Gasteiger partial charge in [-0.1, -0.05) is 24.3 Å². The van der Waals surface area contributed by atoms with Crippen molar-refractivity contribution in [3.8, 4) is 5.75 Å². The number of hydrogen-bond acceptors (Lipinski definition) is 2. The highest BCUT2D eigenvalue weighted by Crippen LogP contribution is 2.22. The summed E-state index contributed by atoms with van der Waals surface area (Å²) >= 11 is 0. The zero-order valence-corrected chi connectivity index (χ0v) is 11.1. The van der Waals surface area contributed by atoms with Crippen molar-refractivity contribution in [1.82, 2.24) is 0 Å². The molecule has 0 radical (unpaired) electrons. The van der Waals surface area contributed by atoms with Crippen LogP contribution in [0.3, 0.4) is 0 Å². The highest BCUT2D eigenvalue weighted by molar-refractivity contribution is 5.23. The Morgan fingerprint density at radius 2 is 1.85 bits per heavy atom. The van der Waals surface area contributed by atoms with E-state index >= 15 is 0 Å². The molecular formula is C16H17F2NO. The first-order valence-corrected chi connectivity index (χ1v) is 6.53. The summed E-state index contributed by atoms with van der Waals surface area (Å²) < 4.78 is 32.1. The predicted molar refractivity (Wildman–Crippen MR) is 74.7 cm³/mol. The molecule has 0 heterocycles. The fourth-order valence-corrected chi connectivity index (χ4v) is 2.08. The van der Waals surface area contributed by atoms with Gasteiger partial charge >= 0.3 is 0 Å². The van der Waals surface area contributed by atoms with Crippen molar-refractivity contribution >= 4 is 0 Å². The van der Waals surface area contributed by atoms with E-state index in [4.69, 9.17) is 10.5 Å². The Morgan fingerprint density at radius 3 is 2.55 bits per heavy atom. The van der Waals surface area contributed by atoms with Crippen LogP contribution in [0.2, 0.25) is 0 Å². The van der Waals surface area contributed by atoms with Crippen LogP contribution in [0.4, 0.5) is 8.78 Å². The van der Waals surface area contributed by atoms with Crippen molar-refractivity contribution in [2.24, 2.45) is 5.73 Å². The maximum atomic E-state index is 13.7. The van der Waals surface area contributed by atoms with Crippen molar-refractivity contribution in [2.75, 3.05) is 13.2 Å². The predicted octanol–water partition coefficient (Wildman–Crippen LogP) is 3.48. The van der Waals surface area contributed by atoms with E-state index in [-0.39, 0.29) is 17.6 Å². The summed E-state index contributed by atoms with van der Waals surface area (Å²) in [6.07, 6.45) is 0.577. The highest BCUT2D eigenvalue weighted by Gasteiger charge is 2.13. The number of benzene rings is 2. The SMILES string of the molecule is NCC(CCOc1cccc(F)c1)c1ccccc1F. The molecule has 2 aromatic rings. The van der Waals surface area contributed by atoms with Crippen LogP contribution in [-0.4, -0.2) is 13.2 Å². The third kappa shape index (κ3) is 3.78. The van der Waals surface area contributed by atoms with Crippen LogP contribution in [0, 0.1) is 11.6 Å². The first kappa shape index (κ1) is 14.5. The Morgan fingerprint density at radius 1 is 1.05 bits per heavy atom. The van der Waals surface area contributed by atoms with Gasteiger partial charge in [0.05, 0.1) is 6.61 Å². The standard InChI is InChI=1S/C16H17F2NO/c17-13-4-3-5-14(10-13)20-9-8-12(11-19)15-6-1-2-7-16(15)18/h1-7,10,12H,8-9,11,19H2. The molecule has 20 heavy (non-hydrogen) atoms. The molecule has 106 valence electrons. The van der Waals surface area contributed by atoms with Crippen molar-refractivity contribution in [3.63, 3.8) is 0 Å². The monoisotopic (exact) mass is 277 g/mol. The highest BCUT2D eigenvalue weighted by atomic mass is 19.1. The molecule has 2 N–H and O–H groups in total. The smallest absolute Gasteiger partial charge is 0.126 e. The van der Waals surface area contributed by atoms with Crippen LogP contribution in [0.1, 0.15) is 17.9 Å². The Kier molecular flexibility index (Phi) is 5.07. The summed E-state index contributed by atoms with van der Waals surface area (Å²) in [5.74, 6) is -0.236. The van der Waals surface area contributed by atoms with Crippen molar-refractivity contribution in [1.29, 1.82) is 0 Å². The topological polar surface area (TPSA) is 35.2 Å². The quantitative estimate of drug-likeness (QED) is 0.877. The summed E-state index contributed by atoms with van der Waals surface area (Å²) in [5.41, 5.74) is 6.29. The molecule has 0 fully saturated rings. The fraction of sp³-hybridized carbons (Fsp3) is 0.250. The van der Waals surface area contributed by atoms with Gasteiger partial charge in [0.15, 0.2) is 0 Å². The first-order chi connectivity index (χ1) is 9.70. The van der Waals surface area contributed by atoms with Gasteiger partial charge in [0, 0.05) is 12.0 Å². The molecule has 0 aliphatic carbocycles. The van der Waals surface area contributed by atoms with Gasteiger partial charge in [0.2, 0.25) is 0 Å². The van der Waals surface area contributed by atoms with Gasteiger partial charge in [-0.15, -0.1) is 0 Å². The van der Waals surface area contributed by atoms with E-state index < -0.39 is 0 Å². The lowest BCUT2D eigenvalue weighted by Crippen LogP contribution is -2.16. The van der Waals surface area contributed by atoms with Gasteiger partial charge in [0.1, 0.15) is 17.4 Å². The summed E-state index contributed by atoms with van der Waals surface area (Å²) in [5, 5.41) is 0. The molecule has 2 aromatic carbocycles. The lowest BCUT2D eigenvalue weighted by molar-refractivity contribution is 0.295. The van der Waals surface area contributed by atoms with Gasteiger partial charge < -0.3 is 10.5 Å². The molecule has 1 unspecified atom stereocenters. The summed E-state index contributed by atoms with van der Waals surface area (Å²) in [6, 6.07) is 12.5. The van der Waals surface area contributed by atoms with Crippen LogP contribution in [0.5, 0.6) is 5.75 Å². The Balaban J connectivity index is 1.93. The maximum absolute atomic E-state index is 13.7. The van der Waals surface area contributed by atoms with E-state index in [1.54, 1.807) is 30.3 Å². The second kappa shape index (κ2) is 7.01. The third-order valence-corrected chi connectivity index (χ3v) is 3.16. The Labute approximate surface area is 117 Å². The minimum absolute atomic E-state index is 0.107. The summed E-state index contributed by atoms with van der Waals surface area (Å²) in [4.78, 5) is 0. The molecule has 4 heteroatoms. The Hall–Kier alpha value is -1.94. The fourth-order valence-electron chi connectivity index (χ4n) is 2.08. The molecular weight excluding hydrogens is 260 g/mol. The van der Waals surface area contributed by atoms with Crippen LogP contribution in [0.15, 0.2) is 48.5 Å². The van der Waals surface area contributed by atoms with Crippen LogP contribution in [-0.2, 0) is 0 Å². The zero-order valence-electron chi connectivity index (χ0n) is 11.1.